The van der Waals surface area contributed by atoms with Gasteiger partial charge in [-0.2, -0.15) is 0 Å². The van der Waals surface area contributed by atoms with Gasteiger partial charge in [-0.25, -0.2) is 0 Å². The smallest absolute Gasteiger partial charge is 0.313 e. The molecule has 1 aromatic heterocycles. The van der Waals surface area contributed by atoms with Crippen molar-refractivity contribution >= 4 is 23.0 Å². The molecule has 4 rings (SSSR count). The number of hydrogen-bond donors (Lipinski definition) is 5. The van der Waals surface area contributed by atoms with Crippen molar-refractivity contribution in [1.29, 1.82) is 0 Å². The molecule has 6 atom stereocenters. The van der Waals surface area contributed by atoms with E-state index in [1.165, 1.54) is 13.4 Å². The average Bonchev–Trinajstić information content (AvgIpc) is 3.28. The Morgan fingerprint density at radius 3 is 2.57 bits per heavy atom. The first-order valence-electron chi connectivity index (χ1n) is 11.4. The van der Waals surface area contributed by atoms with Gasteiger partial charge in [-0.15, -0.1) is 0 Å². The number of ether oxygens (including phenoxy) is 4. The monoisotopic (exact) mass is 494 g/mol. The Bertz CT molecular complexity index is 1090. The number of furan rings is 1. The van der Waals surface area contributed by atoms with Crippen molar-refractivity contribution in [2.75, 3.05) is 26.9 Å². The quantitative estimate of drug-likeness (QED) is 0.311. The van der Waals surface area contributed by atoms with Gasteiger partial charge >= 0.3 is 5.97 Å². The number of aliphatic hydroxyl groups is 5. The number of rotatable bonds is 8. The molecule has 1 aromatic carbocycles. The van der Waals surface area contributed by atoms with Crippen molar-refractivity contribution in [3.63, 3.8) is 0 Å². The summed E-state index contributed by atoms with van der Waals surface area (Å²) in [5, 5.41) is 50.6. The predicted molar refractivity (Wildman–Crippen MR) is 121 cm³/mol. The molecule has 1 aliphatic carbocycles. The van der Waals surface area contributed by atoms with Gasteiger partial charge in [0.25, 0.3) is 0 Å². The third kappa shape index (κ3) is 4.51. The van der Waals surface area contributed by atoms with Gasteiger partial charge in [0.1, 0.15) is 24.4 Å². The minimum atomic E-state index is -1.65. The first-order chi connectivity index (χ1) is 16.9. The van der Waals surface area contributed by atoms with Crippen LogP contribution in [0.4, 0.5) is 0 Å². The van der Waals surface area contributed by atoms with Crippen molar-refractivity contribution in [3.05, 3.63) is 29.0 Å². The minimum Gasteiger partial charge on any atom is -0.490 e. The molecule has 0 amide bonds. The van der Waals surface area contributed by atoms with Gasteiger partial charge in [0.2, 0.25) is 12.0 Å². The van der Waals surface area contributed by atoms with E-state index < -0.39 is 49.2 Å². The number of hydrogen-bond acceptors (Lipinski definition) is 11. The molecule has 192 valence electrons. The maximum absolute atomic E-state index is 12.5. The number of aliphatic hydroxyl groups excluding tert-OH is 5. The number of esters is 1. The van der Waals surface area contributed by atoms with Crippen LogP contribution in [0.15, 0.2) is 16.8 Å². The van der Waals surface area contributed by atoms with E-state index in [2.05, 4.69) is 0 Å². The Morgan fingerprint density at radius 1 is 1.14 bits per heavy atom. The highest BCUT2D eigenvalue weighted by Crippen LogP contribution is 2.48. The third-order valence-corrected chi connectivity index (χ3v) is 6.32. The topological polar surface area (TPSA) is 168 Å². The molecule has 11 nitrogen and oxygen atoms in total. The lowest BCUT2D eigenvalue weighted by molar-refractivity contribution is -0.277. The first-order valence-corrected chi connectivity index (χ1v) is 11.4. The van der Waals surface area contributed by atoms with Gasteiger partial charge in [0.15, 0.2) is 11.3 Å². The molecule has 2 aliphatic rings. The highest BCUT2D eigenvalue weighted by atomic mass is 16.7. The van der Waals surface area contributed by atoms with E-state index >= 15 is 0 Å². The molecular formula is C24H30O11. The van der Waals surface area contributed by atoms with E-state index in [0.717, 1.165) is 5.56 Å². The second kappa shape index (κ2) is 10.5. The molecule has 2 heterocycles. The van der Waals surface area contributed by atoms with Gasteiger partial charge < -0.3 is 48.9 Å². The normalized spacial score (nSPS) is 28.1. The maximum atomic E-state index is 12.5. The van der Waals surface area contributed by atoms with Gasteiger partial charge in [0.05, 0.1) is 32.5 Å². The first kappa shape index (κ1) is 25.4. The van der Waals surface area contributed by atoms with Gasteiger partial charge in [0, 0.05) is 23.1 Å². The molecule has 0 saturated carbocycles. The van der Waals surface area contributed by atoms with Crippen LogP contribution in [-0.4, -0.2) is 89.1 Å². The van der Waals surface area contributed by atoms with E-state index in [9.17, 15) is 30.3 Å². The minimum absolute atomic E-state index is 0.107. The fourth-order valence-corrected chi connectivity index (χ4v) is 4.56. The van der Waals surface area contributed by atoms with Crippen LogP contribution in [0.25, 0.3) is 17.0 Å². The molecule has 0 spiro atoms. The highest BCUT2D eigenvalue weighted by molar-refractivity contribution is 5.99. The Hall–Kier alpha value is -2.67. The highest BCUT2D eigenvalue weighted by Gasteiger charge is 2.45. The van der Waals surface area contributed by atoms with E-state index in [4.69, 9.17) is 23.4 Å². The number of carbonyl (C=O) groups is 1. The van der Waals surface area contributed by atoms with Crippen LogP contribution in [0, 0.1) is 5.92 Å². The SMILES string of the molecule is CCOC(=O)C1C=Cc2c(c(OC3OC(CO)C(O)C(O)C3O)c(OC)c3occ(CCO)c23)C1. The predicted octanol–water partition coefficient (Wildman–Crippen LogP) is -0.0965. The average molecular weight is 494 g/mol. The summed E-state index contributed by atoms with van der Waals surface area (Å²) in [6, 6.07) is 0. The number of benzene rings is 1. The van der Waals surface area contributed by atoms with Crippen molar-refractivity contribution in [2.24, 2.45) is 5.92 Å². The van der Waals surface area contributed by atoms with Crippen LogP contribution in [-0.2, 0) is 27.1 Å². The number of carbonyl (C=O) groups excluding carboxylic acids is 1. The fraction of sp³-hybridized carbons (Fsp3) is 0.542. The van der Waals surface area contributed by atoms with Gasteiger partial charge in [-0.05, 0) is 25.3 Å². The largest absolute Gasteiger partial charge is 0.490 e. The summed E-state index contributed by atoms with van der Waals surface area (Å²) < 4.78 is 28.1. The summed E-state index contributed by atoms with van der Waals surface area (Å²) in [4.78, 5) is 12.5. The second-order valence-corrected chi connectivity index (χ2v) is 8.43. The summed E-state index contributed by atoms with van der Waals surface area (Å²) in [6.07, 6.45) is -2.00. The van der Waals surface area contributed by atoms with Gasteiger partial charge in [-0.3, -0.25) is 4.79 Å². The summed E-state index contributed by atoms with van der Waals surface area (Å²) in [5.41, 5.74) is 2.29. The van der Waals surface area contributed by atoms with Crippen molar-refractivity contribution < 1.29 is 53.7 Å². The van der Waals surface area contributed by atoms with Crippen LogP contribution < -0.4 is 9.47 Å². The molecule has 0 radical (unpaired) electrons. The Kier molecular flexibility index (Phi) is 7.64. The third-order valence-electron chi connectivity index (χ3n) is 6.32. The Labute approximate surface area is 201 Å². The molecule has 5 N–H and O–H groups in total. The molecule has 11 heteroatoms. The molecular weight excluding hydrogens is 464 g/mol. The van der Waals surface area contributed by atoms with E-state index in [1.807, 2.05) is 0 Å². The molecule has 1 fully saturated rings. The lowest BCUT2D eigenvalue weighted by Gasteiger charge is -2.40. The molecule has 6 unspecified atom stereocenters. The molecule has 1 aliphatic heterocycles. The van der Waals surface area contributed by atoms with E-state index in [0.29, 0.717) is 28.5 Å². The van der Waals surface area contributed by atoms with Crippen LogP contribution in [0.1, 0.15) is 23.6 Å². The number of methoxy groups -OCH3 is 1. The molecule has 0 bridgehead atoms. The zero-order chi connectivity index (χ0) is 25.3. The zero-order valence-corrected chi connectivity index (χ0v) is 19.4. The van der Waals surface area contributed by atoms with Crippen LogP contribution >= 0.6 is 0 Å². The van der Waals surface area contributed by atoms with Crippen LogP contribution in [0.3, 0.4) is 0 Å². The summed E-state index contributed by atoms with van der Waals surface area (Å²) in [7, 11) is 1.40. The van der Waals surface area contributed by atoms with Gasteiger partial charge in [-0.1, -0.05) is 12.2 Å². The lowest BCUT2D eigenvalue weighted by atomic mass is 9.85. The van der Waals surface area contributed by atoms with Crippen LogP contribution in [0.5, 0.6) is 11.5 Å². The zero-order valence-electron chi connectivity index (χ0n) is 19.4. The van der Waals surface area contributed by atoms with Crippen molar-refractivity contribution in [3.8, 4) is 11.5 Å². The van der Waals surface area contributed by atoms with Crippen molar-refractivity contribution in [1.82, 2.24) is 0 Å². The van der Waals surface area contributed by atoms with Crippen LogP contribution in [0.2, 0.25) is 0 Å². The Morgan fingerprint density at radius 2 is 1.91 bits per heavy atom. The Balaban J connectivity index is 1.85. The van der Waals surface area contributed by atoms with E-state index in [1.54, 1.807) is 19.1 Å². The molecule has 35 heavy (non-hydrogen) atoms. The number of fused-ring (bicyclic) bond motifs is 3. The summed E-state index contributed by atoms with van der Waals surface area (Å²) >= 11 is 0. The standard InChI is InChI=1S/C24H30O11/c1-3-32-23(30)11-4-5-13-14(8-11)20(22(31-2)21-16(13)12(6-7-25)10-33-21)35-24-19(29)18(28)17(27)15(9-26)34-24/h4-5,10-11,15,17-19,24-29H,3,6-9H2,1-2H3. The maximum Gasteiger partial charge on any atom is 0.313 e. The fourth-order valence-electron chi connectivity index (χ4n) is 4.56. The molecule has 1 saturated heterocycles. The lowest BCUT2D eigenvalue weighted by Crippen LogP contribution is -2.60. The second-order valence-electron chi connectivity index (χ2n) is 8.43. The molecule has 2 aromatic rings. The van der Waals surface area contributed by atoms with E-state index in [-0.39, 0.29) is 31.1 Å². The summed E-state index contributed by atoms with van der Waals surface area (Å²) in [5.74, 6) is -0.759. The van der Waals surface area contributed by atoms with Crippen molar-refractivity contribution in [2.45, 2.75) is 50.5 Å². The summed E-state index contributed by atoms with van der Waals surface area (Å²) in [6.45, 7) is 1.21.